The highest BCUT2D eigenvalue weighted by molar-refractivity contribution is 5.89. The Balaban J connectivity index is 1.28. The molecule has 3 atom stereocenters. The summed E-state index contributed by atoms with van der Waals surface area (Å²) >= 11 is 0. The van der Waals surface area contributed by atoms with Gasteiger partial charge in [0.2, 0.25) is 5.95 Å². The third kappa shape index (κ3) is 5.03. The van der Waals surface area contributed by atoms with E-state index in [-0.39, 0.29) is 18.8 Å². The van der Waals surface area contributed by atoms with E-state index in [0.29, 0.717) is 57.0 Å². The number of fused-ring (bicyclic) bond motifs is 2. The fourth-order valence-electron chi connectivity index (χ4n) is 5.59. The fourth-order valence-corrected chi connectivity index (χ4v) is 5.59. The summed E-state index contributed by atoms with van der Waals surface area (Å²) in [7, 11) is 1.81. The molecule has 0 unspecified atom stereocenters. The molecule has 10 nitrogen and oxygen atoms in total. The van der Waals surface area contributed by atoms with Crippen molar-refractivity contribution in [2.45, 2.75) is 50.5 Å². The zero-order chi connectivity index (χ0) is 26.9. The SMILES string of the molecule is CNc1nc(N[C@@H]2CCN(C3COC3)C[C@@H]2F)nn2ccc(-c3ccc4c(n3)N(CCCF)[C@H](C)CC=N4)c12. The minimum atomic E-state index is -1.02. The van der Waals surface area contributed by atoms with Gasteiger partial charge in [0.15, 0.2) is 11.6 Å². The molecule has 0 amide bonds. The number of hydrogen-bond donors (Lipinski definition) is 2. The predicted molar refractivity (Wildman–Crippen MR) is 149 cm³/mol. The number of anilines is 3. The molecule has 3 aromatic heterocycles. The third-order valence-corrected chi connectivity index (χ3v) is 7.92. The van der Waals surface area contributed by atoms with Gasteiger partial charge in [0, 0.05) is 57.1 Å². The van der Waals surface area contributed by atoms with Gasteiger partial charge in [-0.3, -0.25) is 14.3 Å². The van der Waals surface area contributed by atoms with Crippen LogP contribution < -0.4 is 15.5 Å². The Hall–Kier alpha value is -3.38. The second-order valence-electron chi connectivity index (χ2n) is 10.5. The molecule has 0 aromatic carbocycles. The van der Waals surface area contributed by atoms with Crippen LogP contribution in [0.2, 0.25) is 0 Å². The molecule has 39 heavy (non-hydrogen) atoms. The molecule has 0 aliphatic carbocycles. The first-order valence-electron chi connectivity index (χ1n) is 13.7. The second-order valence-corrected chi connectivity index (χ2v) is 10.5. The highest BCUT2D eigenvalue weighted by Crippen LogP contribution is 2.36. The van der Waals surface area contributed by atoms with Crippen molar-refractivity contribution in [3.63, 3.8) is 0 Å². The molecular weight excluding hydrogens is 504 g/mol. The van der Waals surface area contributed by atoms with Crippen LogP contribution in [0.3, 0.4) is 0 Å². The van der Waals surface area contributed by atoms with Gasteiger partial charge < -0.3 is 20.3 Å². The lowest BCUT2D eigenvalue weighted by molar-refractivity contribution is -0.0794. The van der Waals surface area contributed by atoms with Gasteiger partial charge in [0.1, 0.15) is 17.4 Å². The second kappa shape index (κ2) is 11.0. The van der Waals surface area contributed by atoms with E-state index in [4.69, 9.17) is 14.7 Å². The molecule has 2 saturated heterocycles. The normalized spacial score (nSPS) is 23.9. The fraction of sp³-hybridized carbons (Fsp3) is 0.556. The molecule has 0 radical (unpaired) electrons. The number of nitrogens with one attached hydrogen (secondary N) is 2. The number of rotatable bonds is 8. The van der Waals surface area contributed by atoms with Crippen molar-refractivity contribution in [1.29, 1.82) is 0 Å². The van der Waals surface area contributed by atoms with E-state index in [2.05, 4.69) is 37.4 Å². The molecule has 3 aromatic rings. The smallest absolute Gasteiger partial charge is 0.243 e. The van der Waals surface area contributed by atoms with Crippen LogP contribution in [-0.2, 0) is 4.74 Å². The monoisotopic (exact) mass is 539 g/mol. The highest BCUT2D eigenvalue weighted by atomic mass is 19.1. The van der Waals surface area contributed by atoms with Crippen molar-refractivity contribution in [2.24, 2.45) is 4.99 Å². The van der Waals surface area contributed by atoms with Crippen LogP contribution in [0.25, 0.3) is 16.8 Å². The number of halogens is 2. The zero-order valence-corrected chi connectivity index (χ0v) is 22.4. The summed E-state index contributed by atoms with van der Waals surface area (Å²) in [6.07, 6.45) is 4.62. The Morgan fingerprint density at radius 1 is 1.18 bits per heavy atom. The standard InChI is InChI=1S/C27H35F2N9O/c1-17-6-10-31-23-5-4-21(32-26(23)37(17)11-3-9-28)19-7-13-38-24(19)25(30-2)34-27(35-38)33-22-8-12-36(14-20(22)29)18-15-39-16-18/h4-5,7,10,13,17-18,20,22H,3,6,8-9,11-12,14-16H2,1-2H3,(H2,30,33,34,35)/t17-,20+,22-/m1/s1. The molecule has 2 N–H and O–H groups in total. The van der Waals surface area contributed by atoms with Crippen molar-refractivity contribution in [3.05, 3.63) is 24.4 Å². The average Bonchev–Trinajstić information content (AvgIpc) is 3.26. The number of likely N-dealkylation sites (tertiary alicyclic amines) is 1. The maximum absolute atomic E-state index is 15.1. The first-order valence-corrected chi connectivity index (χ1v) is 13.7. The zero-order valence-electron chi connectivity index (χ0n) is 22.4. The Morgan fingerprint density at radius 3 is 2.79 bits per heavy atom. The number of aliphatic imine (C=N–C) groups is 1. The Kier molecular flexibility index (Phi) is 7.30. The van der Waals surface area contributed by atoms with Crippen molar-refractivity contribution in [3.8, 4) is 11.3 Å². The van der Waals surface area contributed by atoms with Crippen LogP contribution in [0.5, 0.6) is 0 Å². The quantitative estimate of drug-likeness (QED) is 0.448. The van der Waals surface area contributed by atoms with Crippen LogP contribution in [0.4, 0.5) is 32.1 Å². The van der Waals surface area contributed by atoms with Crippen molar-refractivity contribution in [1.82, 2.24) is 24.5 Å². The van der Waals surface area contributed by atoms with E-state index in [1.54, 1.807) is 11.6 Å². The number of hydrogen-bond acceptors (Lipinski definition) is 9. The van der Waals surface area contributed by atoms with Crippen molar-refractivity contribution in [2.75, 3.05) is 62.1 Å². The van der Waals surface area contributed by atoms with E-state index in [0.717, 1.165) is 41.2 Å². The maximum Gasteiger partial charge on any atom is 0.243 e. The van der Waals surface area contributed by atoms with E-state index < -0.39 is 6.17 Å². The number of pyridine rings is 1. The maximum atomic E-state index is 15.1. The van der Waals surface area contributed by atoms with Crippen LogP contribution in [0.1, 0.15) is 26.2 Å². The summed E-state index contributed by atoms with van der Waals surface area (Å²) in [6, 6.07) is 5.98. The average molecular weight is 540 g/mol. The van der Waals surface area contributed by atoms with Crippen LogP contribution in [-0.4, -0.2) is 102 Å². The topological polar surface area (TPSA) is 95.2 Å². The van der Waals surface area contributed by atoms with E-state index in [1.165, 1.54) is 0 Å². The molecule has 0 bridgehead atoms. The minimum Gasteiger partial charge on any atom is -0.378 e. The molecular formula is C27H35F2N9O. The molecule has 12 heteroatoms. The Labute approximate surface area is 226 Å². The van der Waals surface area contributed by atoms with Gasteiger partial charge in [-0.05, 0) is 38.0 Å². The molecule has 6 heterocycles. The molecule has 208 valence electrons. The highest BCUT2D eigenvalue weighted by Gasteiger charge is 2.35. The van der Waals surface area contributed by atoms with E-state index >= 15 is 4.39 Å². The summed E-state index contributed by atoms with van der Waals surface area (Å²) in [5.41, 5.74) is 3.16. The Bertz CT molecular complexity index is 1340. The van der Waals surface area contributed by atoms with Crippen molar-refractivity contribution >= 4 is 35.0 Å². The summed E-state index contributed by atoms with van der Waals surface area (Å²) in [4.78, 5) is 18.6. The number of ether oxygens (including phenoxy) is 1. The number of nitrogens with zero attached hydrogens (tertiary/aromatic N) is 7. The van der Waals surface area contributed by atoms with Gasteiger partial charge in [-0.25, -0.2) is 13.9 Å². The summed E-state index contributed by atoms with van der Waals surface area (Å²) < 4.78 is 35.1. The lowest BCUT2D eigenvalue weighted by Crippen LogP contribution is -2.57. The minimum absolute atomic E-state index is 0.160. The van der Waals surface area contributed by atoms with Gasteiger partial charge in [0.05, 0.1) is 37.7 Å². The lowest BCUT2D eigenvalue weighted by Gasteiger charge is -2.42. The van der Waals surface area contributed by atoms with E-state index in [1.807, 2.05) is 30.6 Å². The van der Waals surface area contributed by atoms with Crippen molar-refractivity contribution < 1.29 is 13.5 Å². The first-order chi connectivity index (χ1) is 19.1. The molecule has 6 rings (SSSR count). The Morgan fingerprint density at radius 2 is 2.05 bits per heavy atom. The number of alkyl halides is 2. The molecule has 3 aliphatic heterocycles. The molecule has 0 saturated carbocycles. The van der Waals surface area contributed by atoms with Crippen LogP contribution >= 0.6 is 0 Å². The lowest BCUT2D eigenvalue weighted by atomic mass is 10.0. The molecule has 3 aliphatic rings. The summed E-state index contributed by atoms with van der Waals surface area (Å²) in [6.45, 7) is 4.88. The van der Waals surface area contributed by atoms with Gasteiger partial charge >= 0.3 is 0 Å². The van der Waals surface area contributed by atoms with Gasteiger partial charge in [-0.15, -0.1) is 5.10 Å². The van der Waals surface area contributed by atoms with Crippen LogP contribution in [0.15, 0.2) is 29.4 Å². The van der Waals surface area contributed by atoms with Gasteiger partial charge in [-0.2, -0.15) is 4.98 Å². The largest absolute Gasteiger partial charge is 0.378 e. The first kappa shape index (κ1) is 25.9. The summed E-state index contributed by atoms with van der Waals surface area (Å²) in [5, 5.41) is 11.1. The van der Waals surface area contributed by atoms with E-state index in [9.17, 15) is 4.39 Å². The summed E-state index contributed by atoms with van der Waals surface area (Å²) in [5.74, 6) is 1.74. The third-order valence-electron chi connectivity index (χ3n) is 7.92. The predicted octanol–water partition coefficient (Wildman–Crippen LogP) is 3.72. The van der Waals surface area contributed by atoms with Gasteiger partial charge in [-0.1, -0.05) is 0 Å². The number of piperidine rings is 1. The molecule has 0 spiro atoms. The van der Waals surface area contributed by atoms with Gasteiger partial charge in [0.25, 0.3) is 0 Å². The number of aromatic nitrogens is 4. The van der Waals surface area contributed by atoms with Crippen LogP contribution in [0, 0.1) is 0 Å². The molecule has 2 fully saturated rings.